The van der Waals surface area contributed by atoms with Gasteiger partial charge in [0, 0.05) is 24.5 Å². The number of rotatable bonds is 5. The first-order chi connectivity index (χ1) is 14.0. The number of amides is 1. The minimum atomic E-state index is -2.61. The quantitative estimate of drug-likeness (QED) is 0.633. The van der Waals surface area contributed by atoms with Crippen LogP contribution in [-0.2, 0) is 0 Å². The maximum atomic E-state index is 12.9. The molecule has 1 amide bonds. The normalized spacial score (nSPS) is 19.4. The van der Waals surface area contributed by atoms with Crippen LogP contribution >= 0.6 is 0 Å². The van der Waals surface area contributed by atoms with E-state index in [-0.39, 0.29) is 23.7 Å². The number of nitrogens with one attached hydrogen (secondary N) is 2. The Labute approximate surface area is 165 Å². The van der Waals surface area contributed by atoms with E-state index in [1.54, 1.807) is 16.5 Å². The third-order valence-electron chi connectivity index (χ3n) is 5.14. The molecule has 0 radical (unpaired) electrons. The molecule has 3 heterocycles. The van der Waals surface area contributed by atoms with Crippen LogP contribution in [0.5, 0.6) is 0 Å². The van der Waals surface area contributed by atoms with Crippen molar-refractivity contribution in [1.82, 2.24) is 19.7 Å². The SMILES string of the molecule is O=C(N[C@H]1CC[C@@H](Nc2cccc3nc(C(F)F)cn23)CC1)c1ccc(F)nc1. The van der Waals surface area contributed by atoms with E-state index in [1.807, 2.05) is 6.07 Å². The molecular formula is C20H20F3N5O. The fourth-order valence-corrected chi connectivity index (χ4v) is 3.62. The van der Waals surface area contributed by atoms with E-state index in [1.165, 1.54) is 18.5 Å². The van der Waals surface area contributed by atoms with Crippen molar-refractivity contribution in [2.45, 2.75) is 44.2 Å². The van der Waals surface area contributed by atoms with Crippen molar-refractivity contribution < 1.29 is 18.0 Å². The molecule has 3 aromatic heterocycles. The molecule has 152 valence electrons. The summed E-state index contributed by atoms with van der Waals surface area (Å²) in [5.74, 6) is -0.176. The van der Waals surface area contributed by atoms with E-state index in [0.717, 1.165) is 31.7 Å². The molecule has 1 saturated carbocycles. The van der Waals surface area contributed by atoms with E-state index >= 15 is 0 Å². The summed E-state index contributed by atoms with van der Waals surface area (Å²) in [5, 5.41) is 6.36. The molecule has 1 aliphatic carbocycles. The highest BCUT2D eigenvalue weighted by Crippen LogP contribution is 2.25. The van der Waals surface area contributed by atoms with E-state index in [2.05, 4.69) is 20.6 Å². The van der Waals surface area contributed by atoms with Crippen LogP contribution in [0.4, 0.5) is 19.0 Å². The Kier molecular flexibility index (Phi) is 5.37. The van der Waals surface area contributed by atoms with Crippen LogP contribution < -0.4 is 10.6 Å². The van der Waals surface area contributed by atoms with Crippen LogP contribution in [-0.4, -0.2) is 32.4 Å². The summed E-state index contributed by atoms with van der Waals surface area (Å²) in [6.07, 6.45) is 3.15. The zero-order valence-corrected chi connectivity index (χ0v) is 15.5. The van der Waals surface area contributed by atoms with Crippen LogP contribution in [0, 0.1) is 5.95 Å². The summed E-state index contributed by atoms with van der Waals surface area (Å²) in [7, 11) is 0. The zero-order chi connectivity index (χ0) is 20.4. The van der Waals surface area contributed by atoms with Gasteiger partial charge < -0.3 is 10.6 Å². The number of nitrogens with zero attached hydrogens (tertiary/aromatic N) is 3. The van der Waals surface area contributed by atoms with Gasteiger partial charge in [0.05, 0.1) is 5.56 Å². The van der Waals surface area contributed by atoms with Crippen LogP contribution in [0.1, 0.15) is 48.2 Å². The fourth-order valence-electron chi connectivity index (χ4n) is 3.62. The van der Waals surface area contributed by atoms with Gasteiger partial charge >= 0.3 is 0 Å². The summed E-state index contributed by atoms with van der Waals surface area (Å²) in [5.41, 5.74) is 0.549. The average molecular weight is 403 g/mol. The summed E-state index contributed by atoms with van der Waals surface area (Å²) in [4.78, 5) is 19.7. The maximum absolute atomic E-state index is 12.9. The smallest absolute Gasteiger partial charge is 0.281 e. The van der Waals surface area contributed by atoms with Crippen LogP contribution in [0.25, 0.3) is 5.65 Å². The molecule has 0 bridgehead atoms. The number of fused-ring (bicyclic) bond motifs is 1. The average Bonchev–Trinajstić information content (AvgIpc) is 3.16. The number of carbonyl (C=O) groups is 1. The minimum Gasteiger partial charge on any atom is -0.368 e. The third-order valence-corrected chi connectivity index (χ3v) is 5.14. The number of carbonyl (C=O) groups excluding carboxylic acids is 1. The van der Waals surface area contributed by atoms with Crippen LogP contribution in [0.3, 0.4) is 0 Å². The van der Waals surface area contributed by atoms with Gasteiger partial charge in [-0.2, -0.15) is 4.39 Å². The monoisotopic (exact) mass is 403 g/mol. The van der Waals surface area contributed by atoms with E-state index in [9.17, 15) is 18.0 Å². The Morgan fingerprint density at radius 3 is 2.55 bits per heavy atom. The summed E-state index contributed by atoms with van der Waals surface area (Å²) in [6.45, 7) is 0. The van der Waals surface area contributed by atoms with Gasteiger partial charge in [0.1, 0.15) is 17.2 Å². The molecule has 29 heavy (non-hydrogen) atoms. The zero-order valence-electron chi connectivity index (χ0n) is 15.5. The van der Waals surface area contributed by atoms with Gasteiger partial charge in [0.2, 0.25) is 5.95 Å². The Bertz CT molecular complexity index is 997. The number of aromatic nitrogens is 3. The standard InChI is InChI=1S/C20H20F3N5O/c21-16-9-4-12(10-24-16)20(29)26-14-7-5-13(6-8-14)25-17-2-1-3-18-27-15(19(22)23)11-28(17)18/h1-4,9-11,13-14,19,25H,5-8H2,(H,26,29)/t13-,14+. The number of anilines is 1. The lowest BCUT2D eigenvalue weighted by Gasteiger charge is -2.30. The van der Waals surface area contributed by atoms with Gasteiger partial charge in [-0.25, -0.2) is 18.7 Å². The molecule has 9 heteroatoms. The van der Waals surface area contributed by atoms with Crippen LogP contribution in [0.15, 0.2) is 42.7 Å². The van der Waals surface area contributed by atoms with Crippen molar-refractivity contribution in [3.05, 3.63) is 59.9 Å². The number of pyridine rings is 2. The summed E-state index contributed by atoms with van der Waals surface area (Å²) >= 11 is 0. The van der Waals surface area contributed by atoms with Crippen molar-refractivity contribution in [3.8, 4) is 0 Å². The van der Waals surface area contributed by atoms with Gasteiger partial charge in [-0.05, 0) is 49.9 Å². The van der Waals surface area contributed by atoms with Gasteiger partial charge in [0.15, 0.2) is 0 Å². The topological polar surface area (TPSA) is 71.3 Å². The molecule has 6 nitrogen and oxygen atoms in total. The number of hydrogen-bond donors (Lipinski definition) is 2. The first-order valence-corrected chi connectivity index (χ1v) is 9.45. The number of halogens is 3. The van der Waals surface area contributed by atoms with Crippen LogP contribution in [0.2, 0.25) is 0 Å². The number of hydrogen-bond acceptors (Lipinski definition) is 4. The van der Waals surface area contributed by atoms with Gasteiger partial charge in [-0.15, -0.1) is 0 Å². The highest BCUT2D eigenvalue weighted by molar-refractivity contribution is 5.94. The molecule has 0 saturated heterocycles. The van der Waals surface area contributed by atoms with Gasteiger partial charge in [-0.3, -0.25) is 9.20 Å². The van der Waals surface area contributed by atoms with E-state index < -0.39 is 12.4 Å². The van der Waals surface area contributed by atoms with Crippen molar-refractivity contribution in [3.63, 3.8) is 0 Å². The fraction of sp³-hybridized carbons (Fsp3) is 0.350. The second-order valence-electron chi connectivity index (χ2n) is 7.14. The maximum Gasteiger partial charge on any atom is 0.281 e. The highest BCUT2D eigenvalue weighted by Gasteiger charge is 2.23. The van der Waals surface area contributed by atoms with Crippen molar-refractivity contribution in [2.75, 3.05) is 5.32 Å². The van der Waals surface area contributed by atoms with Gasteiger partial charge in [0.25, 0.3) is 12.3 Å². The lowest BCUT2D eigenvalue weighted by Crippen LogP contribution is -2.40. The first kappa shape index (κ1) is 19.2. The molecule has 0 aromatic carbocycles. The molecule has 4 rings (SSSR count). The molecule has 2 N–H and O–H groups in total. The third kappa shape index (κ3) is 4.33. The molecule has 0 unspecified atom stereocenters. The molecule has 3 aromatic rings. The van der Waals surface area contributed by atoms with Crippen molar-refractivity contribution in [2.24, 2.45) is 0 Å². The second-order valence-corrected chi connectivity index (χ2v) is 7.14. The van der Waals surface area contributed by atoms with Gasteiger partial charge in [-0.1, -0.05) is 6.07 Å². The molecule has 1 aliphatic rings. The largest absolute Gasteiger partial charge is 0.368 e. The molecule has 0 spiro atoms. The second kappa shape index (κ2) is 8.10. The lowest BCUT2D eigenvalue weighted by molar-refractivity contribution is 0.0926. The van der Waals surface area contributed by atoms with E-state index in [4.69, 9.17) is 0 Å². The predicted octanol–water partition coefficient (Wildman–Crippen LogP) is 3.96. The Morgan fingerprint density at radius 2 is 1.86 bits per heavy atom. The molecule has 1 fully saturated rings. The minimum absolute atomic E-state index is 0.0278. The Hall–Kier alpha value is -3.10. The first-order valence-electron chi connectivity index (χ1n) is 9.45. The summed E-state index contributed by atoms with van der Waals surface area (Å²) in [6, 6.07) is 8.06. The predicted molar refractivity (Wildman–Crippen MR) is 101 cm³/mol. The molecule has 0 aliphatic heterocycles. The van der Waals surface area contributed by atoms with E-state index in [0.29, 0.717) is 17.0 Å². The Morgan fingerprint density at radius 1 is 1.10 bits per heavy atom. The van der Waals surface area contributed by atoms with Crippen molar-refractivity contribution >= 4 is 17.4 Å². The summed E-state index contributed by atoms with van der Waals surface area (Å²) < 4.78 is 40.4. The lowest BCUT2D eigenvalue weighted by atomic mass is 9.91. The van der Waals surface area contributed by atoms with Crippen molar-refractivity contribution in [1.29, 1.82) is 0 Å². The Balaban J connectivity index is 1.35. The molecule has 0 atom stereocenters. The number of imidazole rings is 1. The number of alkyl halides is 2. The molecular weight excluding hydrogens is 383 g/mol. The highest BCUT2D eigenvalue weighted by atomic mass is 19.3.